The SMILES string of the molecule is COC(=O)C1CCCN1c1nc2ccccc2nc1N. The molecule has 1 atom stereocenters. The molecule has 1 aromatic carbocycles. The lowest BCUT2D eigenvalue weighted by atomic mass is 10.2. The van der Waals surface area contributed by atoms with E-state index in [-0.39, 0.29) is 12.0 Å². The first kappa shape index (κ1) is 12.7. The fourth-order valence-corrected chi connectivity index (χ4v) is 2.62. The molecular formula is C14H16N4O2. The average molecular weight is 272 g/mol. The van der Waals surface area contributed by atoms with Crippen molar-refractivity contribution in [2.24, 2.45) is 0 Å². The average Bonchev–Trinajstić information content (AvgIpc) is 2.95. The third kappa shape index (κ3) is 2.03. The molecule has 1 aliphatic heterocycles. The lowest BCUT2D eigenvalue weighted by Gasteiger charge is -2.24. The molecule has 0 bridgehead atoms. The summed E-state index contributed by atoms with van der Waals surface area (Å²) in [6.07, 6.45) is 1.66. The highest BCUT2D eigenvalue weighted by Gasteiger charge is 2.33. The molecule has 0 radical (unpaired) electrons. The largest absolute Gasteiger partial charge is 0.467 e. The number of anilines is 2. The molecule has 1 fully saturated rings. The Morgan fingerprint density at radius 3 is 2.75 bits per heavy atom. The Hall–Kier alpha value is -2.37. The van der Waals surface area contributed by atoms with Gasteiger partial charge in [-0.25, -0.2) is 14.8 Å². The normalized spacial score (nSPS) is 18.4. The van der Waals surface area contributed by atoms with Crippen LogP contribution in [0.1, 0.15) is 12.8 Å². The van der Waals surface area contributed by atoms with Gasteiger partial charge in [-0.1, -0.05) is 12.1 Å². The molecule has 0 saturated carbocycles. The number of aromatic nitrogens is 2. The number of nitrogens with two attached hydrogens (primary N) is 1. The minimum atomic E-state index is -0.322. The van der Waals surface area contributed by atoms with Gasteiger partial charge in [0.05, 0.1) is 18.1 Å². The monoisotopic (exact) mass is 272 g/mol. The summed E-state index contributed by atoms with van der Waals surface area (Å²) in [6.45, 7) is 0.733. The van der Waals surface area contributed by atoms with Crippen LogP contribution in [0.15, 0.2) is 24.3 Å². The third-order valence-electron chi connectivity index (χ3n) is 3.58. The smallest absolute Gasteiger partial charge is 0.328 e. The van der Waals surface area contributed by atoms with E-state index in [1.165, 1.54) is 7.11 Å². The fraction of sp³-hybridized carbons (Fsp3) is 0.357. The number of ether oxygens (including phenoxy) is 1. The van der Waals surface area contributed by atoms with E-state index in [1.807, 2.05) is 29.2 Å². The molecule has 1 aromatic heterocycles. The summed E-state index contributed by atoms with van der Waals surface area (Å²) < 4.78 is 4.84. The summed E-state index contributed by atoms with van der Waals surface area (Å²) in [5.41, 5.74) is 7.53. The van der Waals surface area contributed by atoms with Gasteiger partial charge in [-0.15, -0.1) is 0 Å². The maximum Gasteiger partial charge on any atom is 0.328 e. The number of nitrogens with zero attached hydrogens (tertiary/aromatic N) is 3. The number of methoxy groups -OCH3 is 1. The highest BCUT2D eigenvalue weighted by molar-refractivity contribution is 5.84. The summed E-state index contributed by atoms with van der Waals surface area (Å²) in [5.74, 6) is 0.660. The number of rotatable bonds is 2. The molecule has 2 aromatic rings. The molecule has 1 aliphatic rings. The van der Waals surface area contributed by atoms with E-state index in [2.05, 4.69) is 9.97 Å². The molecule has 1 saturated heterocycles. The van der Waals surface area contributed by atoms with E-state index in [9.17, 15) is 4.79 Å². The van der Waals surface area contributed by atoms with E-state index in [0.29, 0.717) is 11.6 Å². The van der Waals surface area contributed by atoms with Gasteiger partial charge in [0, 0.05) is 6.54 Å². The van der Waals surface area contributed by atoms with Crippen LogP contribution in [0.5, 0.6) is 0 Å². The third-order valence-corrected chi connectivity index (χ3v) is 3.58. The second kappa shape index (κ2) is 4.96. The zero-order valence-electron chi connectivity index (χ0n) is 11.2. The maximum atomic E-state index is 11.8. The summed E-state index contributed by atoms with van der Waals surface area (Å²) in [7, 11) is 1.40. The Bertz CT molecular complexity index is 659. The first-order chi connectivity index (χ1) is 9.70. The van der Waals surface area contributed by atoms with Crippen molar-refractivity contribution in [1.82, 2.24) is 9.97 Å². The van der Waals surface area contributed by atoms with Crippen LogP contribution in [0.2, 0.25) is 0 Å². The first-order valence-electron chi connectivity index (χ1n) is 6.57. The van der Waals surface area contributed by atoms with E-state index >= 15 is 0 Å². The van der Waals surface area contributed by atoms with Gasteiger partial charge in [0.2, 0.25) is 0 Å². The van der Waals surface area contributed by atoms with Gasteiger partial charge < -0.3 is 15.4 Å². The Morgan fingerprint density at radius 2 is 2.05 bits per heavy atom. The molecule has 6 nitrogen and oxygen atoms in total. The number of carbonyl (C=O) groups is 1. The summed E-state index contributed by atoms with van der Waals surface area (Å²) in [5, 5.41) is 0. The van der Waals surface area contributed by atoms with Crippen molar-refractivity contribution in [2.45, 2.75) is 18.9 Å². The van der Waals surface area contributed by atoms with Gasteiger partial charge in [0.15, 0.2) is 11.6 Å². The van der Waals surface area contributed by atoms with Crippen molar-refractivity contribution in [2.75, 3.05) is 24.3 Å². The summed E-state index contributed by atoms with van der Waals surface area (Å²) in [6, 6.07) is 7.22. The molecule has 2 heterocycles. The molecule has 0 spiro atoms. The number of nitrogen functional groups attached to an aromatic ring is 1. The van der Waals surface area contributed by atoms with Gasteiger partial charge in [-0.3, -0.25) is 0 Å². The van der Waals surface area contributed by atoms with Crippen LogP contribution in [-0.2, 0) is 9.53 Å². The minimum Gasteiger partial charge on any atom is -0.467 e. The molecular weight excluding hydrogens is 256 g/mol. The number of benzene rings is 1. The second-order valence-electron chi connectivity index (χ2n) is 4.80. The molecule has 0 aliphatic carbocycles. The quantitative estimate of drug-likeness (QED) is 0.831. The maximum absolute atomic E-state index is 11.8. The van der Waals surface area contributed by atoms with Crippen molar-refractivity contribution >= 4 is 28.6 Å². The molecule has 3 rings (SSSR count). The lowest BCUT2D eigenvalue weighted by molar-refractivity contribution is -0.141. The standard InChI is InChI=1S/C14H16N4O2/c1-20-14(19)11-7-4-8-18(11)13-12(15)16-9-5-2-3-6-10(9)17-13/h2-3,5-6,11H,4,7-8H2,1H3,(H2,15,16). The molecule has 20 heavy (non-hydrogen) atoms. The van der Waals surface area contributed by atoms with Crippen LogP contribution in [0.25, 0.3) is 11.0 Å². The number of hydrogen-bond acceptors (Lipinski definition) is 6. The van der Waals surface area contributed by atoms with Crippen molar-refractivity contribution < 1.29 is 9.53 Å². The van der Waals surface area contributed by atoms with Crippen LogP contribution >= 0.6 is 0 Å². The van der Waals surface area contributed by atoms with Gasteiger partial charge in [0.1, 0.15) is 6.04 Å². The number of carbonyl (C=O) groups excluding carboxylic acids is 1. The second-order valence-corrected chi connectivity index (χ2v) is 4.80. The molecule has 2 N–H and O–H groups in total. The topological polar surface area (TPSA) is 81.3 Å². The van der Waals surface area contributed by atoms with Crippen LogP contribution in [0, 0.1) is 0 Å². The Morgan fingerprint density at radius 1 is 1.35 bits per heavy atom. The van der Waals surface area contributed by atoms with E-state index in [4.69, 9.17) is 10.5 Å². The molecule has 1 unspecified atom stereocenters. The van der Waals surface area contributed by atoms with Gasteiger partial charge in [0.25, 0.3) is 0 Å². The lowest BCUT2D eigenvalue weighted by Crippen LogP contribution is -2.38. The van der Waals surface area contributed by atoms with E-state index in [0.717, 1.165) is 30.4 Å². The zero-order chi connectivity index (χ0) is 14.1. The Kier molecular flexibility index (Phi) is 3.14. The number of hydrogen-bond donors (Lipinski definition) is 1. The molecule has 104 valence electrons. The zero-order valence-corrected chi connectivity index (χ0v) is 11.2. The van der Waals surface area contributed by atoms with E-state index in [1.54, 1.807) is 0 Å². The van der Waals surface area contributed by atoms with Crippen LogP contribution < -0.4 is 10.6 Å². The highest BCUT2D eigenvalue weighted by atomic mass is 16.5. The van der Waals surface area contributed by atoms with Crippen molar-refractivity contribution in [1.29, 1.82) is 0 Å². The van der Waals surface area contributed by atoms with Crippen LogP contribution in [0.3, 0.4) is 0 Å². The Balaban J connectivity index is 2.04. The first-order valence-corrected chi connectivity index (χ1v) is 6.57. The van der Waals surface area contributed by atoms with Crippen LogP contribution in [0.4, 0.5) is 11.6 Å². The Labute approximate surface area is 116 Å². The predicted molar refractivity (Wildman–Crippen MR) is 76.3 cm³/mol. The molecule has 0 amide bonds. The number of para-hydroxylation sites is 2. The van der Waals surface area contributed by atoms with Crippen LogP contribution in [-0.4, -0.2) is 35.6 Å². The van der Waals surface area contributed by atoms with Gasteiger partial charge in [-0.05, 0) is 25.0 Å². The van der Waals surface area contributed by atoms with Crippen molar-refractivity contribution in [3.63, 3.8) is 0 Å². The van der Waals surface area contributed by atoms with Crippen molar-refractivity contribution in [3.05, 3.63) is 24.3 Å². The summed E-state index contributed by atoms with van der Waals surface area (Å²) >= 11 is 0. The predicted octanol–water partition coefficient (Wildman–Crippen LogP) is 1.35. The number of esters is 1. The van der Waals surface area contributed by atoms with E-state index < -0.39 is 0 Å². The molecule has 6 heteroatoms. The number of fused-ring (bicyclic) bond motifs is 1. The van der Waals surface area contributed by atoms with Gasteiger partial charge >= 0.3 is 5.97 Å². The van der Waals surface area contributed by atoms with Crippen molar-refractivity contribution in [3.8, 4) is 0 Å². The minimum absolute atomic E-state index is 0.253. The highest BCUT2D eigenvalue weighted by Crippen LogP contribution is 2.29. The fourth-order valence-electron chi connectivity index (χ4n) is 2.62. The summed E-state index contributed by atoms with van der Waals surface area (Å²) in [4.78, 5) is 22.6. The van der Waals surface area contributed by atoms with Gasteiger partial charge in [-0.2, -0.15) is 0 Å².